The average Bonchev–Trinajstić information content (AvgIpc) is 3.00. The first kappa shape index (κ1) is 30.8. The molecule has 0 bridgehead atoms. The molecule has 0 unspecified atom stereocenters. The molecule has 0 spiro atoms. The van der Waals surface area contributed by atoms with E-state index in [1.807, 2.05) is 0 Å². The molecule has 0 heterocycles. The van der Waals surface area contributed by atoms with E-state index in [0.717, 1.165) is 0 Å². The van der Waals surface area contributed by atoms with Crippen molar-refractivity contribution in [2.24, 2.45) is 0 Å². The fraction of sp³-hybridized carbons (Fsp3) is 0.0645. The van der Waals surface area contributed by atoms with Crippen LogP contribution < -0.4 is 20.7 Å². The molecule has 0 fully saturated rings. The number of nitro benzene ring substituents is 1. The van der Waals surface area contributed by atoms with Crippen LogP contribution in [0.1, 0.15) is 15.9 Å². The topological polar surface area (TPSA) is 140 Å². The first-order valence-electron chi connectivity index (χ1n) is 12.7. The number of halogens is 1. The molecule has 218 valence electrons. The Morgan fingerprint density at radius 3 is 2.42 bits per heavy atom. The van der Waals surface area contributed by atoms with Gasteiger partial charge in [0.25, 0.3) is 17.5 Å². The lowest BCUT2D eigenvalue weighted by molar-refractivity contribution is -0.385. The number of amides is 3. The Balaban J connectivity index is 1.50. The van der Waals surface area contributed by atoms with Crippen molar-refractivity contribution in [1.82, 2.24) is 5.32 Å². The van der Waals surface area contributed by atoms with E-state index in [0.29, 0.717) is 32.6 Å². The van der Waals surface area contributed by atoms with Gasteiger partial charge in [0.05, 0.1) is 29.0 Å². The van der Waals surface area contributed by atoms with Crippen molar-refractivity contribution >= 4 is 64.2 Å². The Morgan fingerprint density at radius 1 is 0.930 bits per heavy atom. The number of para-hydroxylation sites is 1. The second-order valence-electron chi connectivity index (χ2n) is 8.86. The number of nitrogens with zero attached hydrogens (tertiary/aromatic N) is 1. The Morgan fingerprint density at radius 2 is 1.67 bits per heavy atom. The van der Waals surface area contributed by atoms with Crippen LogP contribution in [0.2, 0.25) is 5.02 Å². The number of hydrogen-bond acceptors (Lipinski definition) is 7. The second-order valence-corrected chi connectivity index (χ2v) is 10.3. The van der Waals surface area contributed by atoms with Crippen LogP contribution in [0.25, 0.3) is 6.08 Å². The number of hydrogen-bond donors (Lipinski definition) is 3. The van der Waals surface area contributed by atoms with Crippen molar-refractivity contribution in [3.8, 4) is 5.75 Å². The maximum Gasteiger partial charge on any atom is 0.276 e. The summed E-state index contributed by atoms with van der Waals surface area (Å²) in [5.74, 6) is -1.03. The van der Waals surface area contributed by atoms with E-state index in [1.54, 1.807) is 78.9 Å². The molecular formula is C31H25ClN4O6S. The Labute approximate surface area is 256 Å². The first-order valence-corrected chi connectivity index (χ1v) is 14.1. The molecular weight excluding hydrogens is 592 g/mol. The number of benzene rings is 4. The van der Waals surface area contributed by atoms with Gasteiger partial charge in [-0.2, -0.15) is 0 Å². The van der Waals surface area contributed by atoms with E-state index >= 15 is 0 Å². The molecule has 3 N–H and O–H groups in total. The van der Waals surface area contributed by atoms with Crippen LogP contribution in [0.4, 0.5) is 17.1 Å². The van der Waals surface area contributed by atoms with Gasteiger partial charge in [0.15, 0.2) is 0 Å². The molecule has 0 aliphatic carbocycles. The molecule has 4 aromatic carbocycles. The third kappa shape index (κ3) is 8.68. The van der Waals surface area contributed by atoms with Crippen molar-refractivity contribution in [3.63, 3.8) is 0 Å². The fourth-order valence-corrected chi connectivity index (χ4v) is 4.78. The van der Waals surface area contributed by atoms with E-state index in [2.05, 4.69) is 16.0 Å². The van der Waals surface area contributed by atoms with Crippen molar-refractivity contribution < 1.29 is 24.0 Å². The standard InChI is InChI=1S/C31H25ClN4O6S/c1-42-28-15-14-22(32)17-25(28)34-29(37)19-43-24-12-7-11-23(18-24)33-31(39)26(35-30(38)20-8-3-2-4-9-20)16-21-10-5-6-13-27(21)36(40)41/h2-18H,19H2,1H3,(H,33,39)(H,34,37)(H,35,38)/b26-16+. The second kappa shape index (κ2) is 14.7. The molecule has 0 saturated heterocycles. The Bertz CT molecular complexity index is 1700. The lowest BCUT2D eigenvalue weighted by Crippen LogP contribution is -2.30. The first-order chi connectivity index (χ1) is 20.7. The summed E-state index contributed by atoms with van der Waals surface area (Å²) in [6, 6.07) is 25.8. The molecule has 12 heteroatoms. The number of thioether (sulfide) groups is 1. The zero-order valence-corrected chi connectivity index (χ0v) is 24.3. The summed E-state index contributed by atoms with van der Waals surface area (Å²) >= 11 is 7.27. The number of anilines is 2. The number of nitrogens with one attached hydrogen (secondary N) is 3. The number of nitro groups is 1. The van der Waals surface area contributed by atoms with Gasteiger partial charge in [0.1, 0.15) is 11.4 Å². The van der Waals surface area contributed by atoms with Crippen LogP contribution in [0, 0.1) is 10.1 Å². The van der Waals surface area contributed by atoms with Gasteiger partial charge < -0.3 is 20.7 Å². The number of ether oxygens (including phenoxy) is 1. The van der Waals surface area contributed by atoms with Crippen molar-refractivity contribution in [2.75, 3.05) is 23.5 Å². The minimum atomic E-state index is -0.699. The van der Waals surface area contributed by atoms with Crippen LogP contribution in [0.5, 0.6) is 5.75 Å². The highest BCUT2D eigenvalue weighted by molar-refractivity contribution is 8.00. The minimum Gasteiger partial charge on any atom is -0.495 e. The SMILES string of the molecule is COc1ccc(Cl)cc1NC(=O)CSc1cccc(NC(=O)/C(=C\c2ccccc2[N+](=O)[O-])NC(=O)c2ccccc2)c1. The Kier molecular flexibility index (Phi) is 10.5. The molecule has 0 aliphatic heterocycles. The van der Waals surface area contributed by atoms with Gasteiger partial charge in [0.2, 0.25) is 5.91 Å². The van der Waals surface area contributed by atoms with Gasteiger partial charge >= 0.3 is 0 Å². The molecule has 10 nitrogen and oxygen atoms in total. The molecule has 0 atom stereocenters. The van der Waals surface area contributed by atoms with Crippen LogP contribution in [-0.4, -0.2) is 35.5 Å². The van der Waals surface area contributed by atoms with Gasteiger partial charge in [-0.3, -0.25) is 24.5 Å². The maximum atomic E-state index is 13.4. The van der Waals surface area contributed by atoms with Gasteiger partial charge in [-0.15, -0.1) is 11.8 Å². The van der Waals surface area contributed by atoms with Crippen molar-refractivity contribution in [2.45, 2.75) is 4.90 Å². The molecule has 4 aromatic rings. The zero-order chi connectivity index (χ0) is 30.8. The predicted molar refractivity (Wildman–Crippen MR) is 167 cm³/mol. The number of rotatable bonds is 11. The number of methoxy groups -OCH3 is 1. The summed E-state index contributed by atoms with van der Waals surface area (Å²) in [4.78, 5) is 50.5. The molecule has 4 rings (SSSR count). The average molecular weight is 617 g/mol. The third-order valence-electron chi connectivity index (χ3n) is 5.86. The summed E-state index contributed by atoms with van der Waals surface area (Å²) in [6.45, 7) is 0. The maximum absolute atomic E-state index is 13.4. The van der Waals surface area contributed by atoms with Gasteiger partial charge in [0, 0.05) is 27.2 Å². The highest BCUT2D eigenvalue weighted by Gasteiger charge is 2.18. The highest BCUT2D eigenvalue weighted by atomic mass is 35.5. The minimum absolute atomic E-state index is 0.0586. The molecule has 43 heavy (non-hydrogen) atoms. The molecule has 0 aliphatic rings. The monoisotopic (exact) mass is 616 g/mol. The summed E-state index contributed by atoms with van der Waals surface area (Å²) in [5, 5.41) is 20.1. The zero-order valence-electron chi connectivity index (χ0n) is 22.7. The summed E-state index contributed by atoms with van der Waals surface area (Å²) in [7, 11) is 1.49. The van der Waals surface area contributed by atoms with E-state index in [-0.39, 0.29) is 28.6 Å². The lowest BCUT2D eigenvalue weighted by Gasteiger charge is -2.13. The van der Waals surface area contributed by atoms with Crippen LogP contribution >= 0.6 is 23.4 Å². The number of carbonyl (C=O) groups is 3. The van der Waals surface area contributed by atoms with E-state index in [1.165, 1.54) is 43.1 Å². The molecule has 3 amide bonds. The van der Waals surface area contributed by atoms with E-state index in [4.69, 9.17) is 16.3 Å². The quantitative estimate of drug-likeness (QED) is 0.0767. The van der Waals surface area contributed by atoms with Crippen molar-refractivity contribution in [3.05, 3.63) is 129 Å². The summed E-state index contributed by atoms with van der Waals surface area (Å²) < 4.78 is 5.26. The van der Waals surface area contributed by atoms with Crippen LogP contribution in [0.15, 0.2) is 108 Å². The van der Waals surface area contributed by atoms with Crippen LogP contribution in [0.3, 0.4) is 0 Å². The van der Waals surface area contributed by atoms with E-state index in [9.17, 15) is 24.5 Å². The smallest absolute Gasteiger partial charge is 0.276 e. The molecule has 0 saturated carbocycles. The van der Waals surface area contributed by atoms with E-state index < -0.39 is 16.7 Å². The number of carbonyl (C=O) groups excluding carboxylic acids is 3. The predicted octanol–water partition coefficient (Wildman–Crippen LogP) is 6.40. The van der Waals surface area contributed by atoms with Gasteiger partial charge in [-0.25, -0.2) is 0 Å². The largest absolute Gasteiger partial charge is 0.495 e. The third-order valence-corrected chi connectivity index (χ3v) is 7.09. The Hall–Kier alpha value is -5.13. The van der Waals surface area contributed by atoms with Crippen molar-refractivity contribution in [1.29, 1.82) is 0 Å². The van der Waals surface area contributed by atoms with Gasteiger partial charge in [-0.1, -0.05) is 48.0 Å². The van der Waals surface area contributed by atoms with Crippen LogP contribution in [-0.2, 0) is 9.59 Å². The normalized spacial score (nSPS) is 10.9. The van der Waals surface area contributed by atoms with Gasteiger partial charge in [-0.05, 0) is 60.7 Å². The summed E-state index contributed by atoms with van der Waals surface area (Å²) in [6.07, 6.45) is 1.25. The summed E-state index contributed by atoms with van der Waals surface area (Å²) in [5.41, 5.74) is 0.838. The molecule has 0 aromatic heterocycles. The highest BCUT2D eigenvalue weighted by Crippen LogP contribution is 2.29. The molecule has 0 radical (unpaired) electrons. The fourth-order valence-electron chi connectivity index (χ4n) is 3.85. The lowest BCUT2D eigenvalue weighted by atomic mass is 10.1.